The Balaban J connectivity index is 2.11. The molecule has 2 aromatic carbocycles. The van der Waals surface area contributed by atoms with Crippen LogP contribution in [0.5, 0.6) is 5.75 Å². The first-order chi connectivity index (χ1) is 14.8. The van der Waals surface area contributed by atoms with Crippen molar-refractivity contribution >= 4 is 17.3 Å². The SMILES string of the molecule is CN(C)CCOc1ccc(NC(C)(C)C(=O)Nc2ccc(C#N)c(C(F)(F)F)c2)cc1F. The lowest BCUT2D eigenvalue weighted by molar-refractivity contribution is -0.137. The molecule has 0 spiro atoms. The molecule has 0 saturated heterocycles. The van der Waals surface area contributed by atoms with E-state index in [4.69, 9.17) is 10.00 Å². The van der Waals surface area contributed by atoms with Gasteiger partial charge in [-0.25, -0.2) is 4.39 Å². The number of alkyl halides is 3. The highest BCUT2D eigenvalue weighted by atomic mass is 19.4. The average molecular weight is 452 g/mol. The number of hydrogen-bond acceptors (Lipinski definition) is 5. The van der Waals surface area contributed by atoms with E-state index >= 15 is 0 Å². The minimum atomic E-state index is -4.74. The number of carbonyl (C=O) groups excluding carboxylic acids is 1. The third kappa shape index (κ3) is 6.59. The minimum absolute atomic E-state index is 0.0666. The van der Waals surface area contributed by atoms with Gasteiger partial charge in [0.2, 0.25) is 5.91 Å². The van der Waals surface area contributed by atoms with Gasteiger partial charge in [-0.1, -0.05) is 0 Å². The average Bonchev–Trinajstić information content (AvgIpc) is 2.68. The van der Waals surface area contributed by atoms with Crippen molar-refractivity contribution in [1.29, 1.82) is 5.26 Å². The van der Waals surface area contributed by atoms with E-state index in [2.05, 4.69) is 10.6 Å². The van der Waals surface area contributed by atoms with Crippen molar-refractivity contribution < 1.29 is 27.1 Å². The second kappa shape index (κ2) is 9.87. The molecule has 172 valence electrons. The largest absolute Gasteiger partial charge is 0.489 e. The maximum Gasteiger partial charge on any atom is 0.417 e. The molecule has 0 aliphatic heterocycles. The Hall–Kier alpha value is -3.32. The molecule has 2 N–H and O–H groups in total. The number of rotatable bonds is 8. The number of nitrogens with zero attached hydrogens (tertiary/aromatic N) is 2. The number of halogens is 4. The van der Waals surface area contributed by atoms with Crippen molar-refractivity contribution in [2.24, 2.45) is 0 Å². The number of carbonyl (C=O) groups is 1. The van der Waals surface area contributed by atoms with Crippen LogP contribution in [0.3, 0.4) is 0 Å². The molecule has 1 amide bonds. The fourth-order valence-electron chi connectivity index (χ4n) is 2.69. The number of benzene rings is 2. The highest BCUT2D eigenvalue weighted by Gasteiger charge is 2.34. The summed E-state index contributed by atoms with van der Waals surface area (Å²) >= 11 is 0. The highest BCUT2D eigenvalue weighted by Crippen LogP contribution is 2.34. The fourth-order valence-corrected chi connectivity index (χ4v) is 2.69. The first kappa shape index (κ1) is 24.9. The Kier molecular flexibility index (Phi) is 7.69. The van der Waals surface area contributed by atoms with Gasteiger partial charge in [0.1, 0.15) is 12.1 Å². The summed E-state index contributed by atoms with van der Waals surface area (Å²) in [4.78, 5) is 14.6. The van der Waals surface area contributed by atoms with Crippen molar-refractivity contribution in [1.82, 2.24) is 4.90 Å². The van der Waals surface area contributed by atoms with Crippen LogP contribution in [0.15, 0.2) is 36.4 Å². The van der Waals surface area contributed by atoms with Crippen molar-refractivity contribution in [3.05, 3.63) is 53.3 Å². The molecule has 0 aromatic heterocycles. The standard InChI is InChI=1S/C22H24F4N4O2/c1-21(2,29-16-7-8-19(18(23)12-16)32-10-9-30(3)4)20(31)28-15-6-5-14(13-27)17(11-15)22(24,25)26/h5-8,11-12,29H,9-10H2,1-4H3,(H,28,31). The zero-order valence-electron chi connectivity index (χ0n) is 18.1. The summed E-state index contributed by atoms with van der Waals surface area (Å²) in [5.74, 6) is -1.20. The van der Waals surface area contributed by atoms with E-state index in [1.807, 2.05) is 19.0 Å². The van der Waals surface area contributed by atoms with E-state index < -0.39 is 34.6 Å². The first-order valence-electron chi connectivity index (χ1n) is 9.61. The Morgan fingerprint density at radius 1 is 1.12 bits per heavy atom. The van der Waals surface area contributed by atoms with Gasteiger partial charge >= 0.3 is 6.18 Å². The molecule has 0 aliphatic carbocycles. The predicted octanol–water partition coefficient (Wildman–Crippen LogP) is 4.49. The zero-order chi connectivity index (χ0) is 24.1. The van der Waals surface area contributed by atoms with Crippen molar-refractivity contribution in [3.63, 3.8) is 0 Å². The third-order valence-corrected chi connectivity index (χ3v) is 4.46. The van der Waals surface area contributed by atoms with Gasteiger partial charge in [-0.3, -0.25) is 4.79 Å². The molecule has 2 aromatic rings. The quantitative estimate of drug-likeness (QED) is 0.578. The number of likely N-dealkylation sites (N-methyl/N-ethyl adjacent to an activating group) is 1. The lowest BCUT2D eigenvalue weighted by Crippen LogP contribution is -2.44. The molecule has 6 nitrogen and oxygen atoms in total. The molecule has 0 bridgehead atoms. The van der Waals surface area contributed by atoms with Gasteiger partial charge in [0.25, 0.3) is 0 Å². The topological polar surface area (TPSA) is 77.4 Å². The van der Waals surface area contributed by atoms with E-state index in [9.17, 15) is 22.4 Å². The lowest BCUT2D eigenvalue weighted by atomic mass is 10.0. The van der Waals surface area contributed by atoms with Gasteiger partial charge in [0.05, 0.1) is 17.2 Å². The van der Waals surface area contributed by atoms with Gasteiger partial charge in [-0.2, -0.15) is 18.4 Å². The molecule has 0 fully saturated rings. The van der Waals surface area contributed by atoms with E-state index in [0.717, 1.165) is 6.07 Å². The van der Waals surface area contributed by atoms with Gasteiger partial charge < -0.3 is 20.3 Å². The molecule has 0 atom stereocenters. The number of hydrogen-bond donors (Lipinski definition) is 2. The van der Waals surface area contributed by atoms with Crippen molar-refractivity contribution in [2.45, 2.75) is 25.6 Å². The summed E-state index contributed by atoms with van der Waals surface area (Å²) in [5, 5.41) is 14.1. The van der Waals surface area contributed by atoms with E-state index in [0.29, 0.717) is 24.9 Å². The third-order valence-electron chi connectivity index (χ3n) is 4.46. The van der Waals surface area contributed by atoms with E-state index in [1.54, 1.807) is 0 Å². The molecule has 0 saturated carbocycles. The molecular weight excluding hydrogens is 428 g/mol. The van der Waals surface area contributed by atoms with Gasteiger partial charge in [-0.15, -0.1) is 0 Å². The number of nitrogens with one attached hydrogen (secondary N) is 2. The van der Waals surface area contributed by atoms with E-state index in [1.165, 1.54) is 44.2 Å². The van der Waals surface area contributed by atoms with Crippen LogP contribution in [-0.4, -0.2) is 43.6 Å². The molecule has 32 heavy (non-hydrogen) atoms. The Morgan fingerprint density at radius 2 is 1.78 bits per heavy atom. The van der Waals surface area contributed by atoms with Crippen molar-refractivity contribution in [2.75, 3.05) is 37.9 Å². The Labute approximate surface area is 183 Å². The molecule has 0 aliphatic rings. The van der Waals surface area contributed by atoms with Crippen LogP contribution in [0.4, 0.5) is 28.9 Å². The van der Waals surface area contributed by atoms with Gasteiger partial charge in [0.15, 0.2) is 11.6 Å². The number of nitriles is 1. The van der Waals surface area contributed by atoms with Crippen LogP contribution in [0.2, 0.25) is 0 Å². The second-order valence-corrected chi connectivity index (χ2v) is 7.87. The maximum absolute atomic E-state index is 14.3. The predicted molar refractivity (Wildman–Crippen MR) is 113 cm³/mol. The fraction of sp³-hybridized carbons (Fsp3) is 0.364. The summed E-state index contributed by atoms with van der Waals surface area (Å²) in [6, 6.07) is 8.51. The molecule has 2 rings (SSSR count). The summed E-state index contributed by atoms with van der Waals surface area (Å²) in [6.07, 6.45) is -4.74. The second-order valence-electron chi connectivity index (χ2n) is 7.87. The Morgan fingerprint density at radius 3 is 2.34 bits per heavy atom. The summed E-state index contributed by atoms with van der Waals surface area (Å²) < 4.78 is 59.1. The summed E-state index contributed by atoms with van der Waals surface area (Å²) in [5.41, 5.74) is -2.82. The zero-order valence-corrected chi connectivity index (χ0v) is 18.1. The number of amides is 1. The van der Waals surface area contributed by atoms with Gasteiger partial charge in [-0.05, 0) is 58.3 Å². The Bertz CT molecular complexity index is 1010. The monoisotopic (exact) mass is 452 g/mol. The first-order valence-corrected chi connectivity index (χ1v) is 9.61. The van der Waals surface area contributed by atoms with Crippen LogP contribution >= 0.6 is 0 Å². The van der Waals surface area contributed by atoms with Crippen LogP contribution in [0, 0.1) is 17.1 Å². The van der Waals surface area contributed by atoms with Crippen LogP contribution < -0.4 is 15.4 Å². The molecule has 0 unspecified atom stereocenters. The minimum Gasteiger partial charge on any atom is -0.489 e. The van der Waals surface area contributed by atoms with E-state index in [-0.39, 0.29) is 11.4 Å². The van der Waals surface area contributed by atoms with Crippen molar-refractivity contribution in [3.8, 4) is 11.8 Å². The van der Waals surface area contributed by atoms with Crippen LogP contribution in [0.1, 0.15) is 25.0 Å². The summed E-state index contributed by atoms with van der Waals surface area (Å²) in [6.45, 7) is 3.90. The molecular formula is C22H24F4N4O2. The molecule has 0 heterocycles. The smallest absolute Gasteiger partial charge is 0.417 e. The number of anilines is 2. The van der Waals surface area contributed by atoms with Gasteiger partial charge in [0, 0.05) is 24.0 Å². The highest BCUT2D eigenvalue weighted by molar-refractivity contribution is 5.99. The lowest BCUT2D eigenvalue weighted by Gasteiger charge is -2.27. The summed E-state index contributed by atoms with van der Waals surface area (Å²) in [7, 11) is 3.73. The van der Waals surface area contributed by atoms with Crippen LogP contribution in [0.25, 0.3) is 0 Å². The molecule has 10 heteroatoms. The normalized spacial score (nSPS) is 11.8. The maximum atomic E-state index is 14.3. The molecule has 0 radical (unpaired) electrons. The van der Waals surface area contributed by atoms with Crippen LogP contribution in [-0.2, 0) is 11.0 Å². The number of ether oxygens (including phenoxy) is 1.